The van der Waals surface area contributed by atoms with Crippen LogP contribution < -0.4 is 26.2 Å². The van der Waals surface area contributed by atoms with Gasteiger partial charge in [-0.25, -0.2) is 4.79 Å². The number of unbranched alkanes of at least 4 members (excludes halogenated alkanes) is 1. The average Bonchev–Trinajstić information content (AvgIpc) is 3.71. The van der Waals surface area contributed by atoms with Crippen molar-refractivity contribution >= 4 is 63.1 Å². The Balaban J connectivity index is 0.855. The highest BCUT2D eigenvalue weighted by atomic mass is 35.5. The molecule has 6 N–H and O–H groups in total. The Hall–Kier alpha value is -5.45. The number of benzene rings is 3. The Morgan fingerprint density at radius 1 is 1.00 bits per heavy atom. The number of piperidine rings is 1. The summed E-state index contributed by atoms with van der Waals surface area (Å²) in [6.45, 7) is 3.09. The maximum Gasteiger partial charge on any atom is 0.411 e. The van der Waals surface area contributed by atoms with E-state index in [1.807, 2.05) is 41.8 Å². The van der Waals surface area contributed by atoms with E-state index in [0.29, 0.717) is 84.7 Å². The number of carbonyl (C=O) groups excluding carboxylic acids is 3. The van der Waals surface area contributed by atoms with E-state index in [0.717, 1.165) is 29.2 Å². The molecule has 0 radical (unpaired) electrons. The molecule has 14 nitrogen and oxygen atoms in total. The molecule has 5 aromatic rings. The van der Waals surface area contributed by atoms with E-state index in [1.54, 1.807) is 47.5 Å². The largest absolute Gasteiger partial charge is 0.506 e. The summed E-state index contributed by atoms with van der Waals surface area (Å²) < 4.78 is 11.3. The molecule has 3 heterocycles. The number of carbonyl (C=O) groups is 3. The van der Waals surface area contributed by atoms with Crippen molar-refractivity contribution in [1.29, 1.82) is 0 Å². The van der Waals surface area contributed by atoms with Crippen LogP contribution in [-0.2, 0) is 20.9 Å². The first-order chi connectivity index (χ1) is 29.0. The molecule has 3 amide bonds. The normalized spacial score (nSPS) is 13.8. The van der Waals surface area contributed by atoms with E-state index in [2.05, 4.69) is 25.8 Å². The standard InChI is InChI=1S/C44H51ClN6O8S/c1-50(41(56)17-22-51-20-15-30(16-21-51)59-44(57)48-34-18-23-60-43(34)28-8-4-3-5-9-28)19-7-6-10-39(54)47-35-25-38(58-2)29(24-33(35)45)26-46-27-37(53)31-11-13-36(52)42-32(31)12-14-40(55)49-42/h3-5,8-9,11-14,18,23-25,30,37,46,52-53H,6-7,10,15-17,19-22,26-27H2,1-2H3,(H,47,54)(H,48,57)(H,49,55)/t37-/m0/s1. The van der Waals surface area contributed by atoms with Gasteiger partial charge >= 0.3 is 6.09 Å². The number of rotatable bonds is 18. The van der Waals surface area contributed by atoms with E-state index >= 15 is 0 Å². The van der Waals surface area contributed by atoms with Crippen LogP contribution in [0.1, 0.15) is 55.8 Å². The van der Waals surface area contributed by atoms with Crippen molar-refractivity contribution in [3.8, 4) is 21.9 Å². The Bertz CT molecular complexity index is 2310. The predicted octanol–water partition coefficient (Wildman–Crippen LogP) is 7.12. The maximum atomic E-state index is 12.9. The number of H-pyrrole nitrogens is 1. The molecule has 2 aromatic heterocycles. The number of aromatic amines is 1. The van der Waals surface area contributed by atoms with Gasteiger partial charge in [-0.05, 0) is 66.5 Å². The maximum absolute atomic E-state index is 12.9. The number of phenols is 1. The van der Waals surface area contributed by atoms with Gasteiger partial charge in [-0.3, -0.25) is 19.7 Å². The molecule has 1 saturated heterocycles. The first-order valence-corrected chi connectivity index (χ1v) is 21.2. The number of hydrogen-bond donors (Lipinski definition) is 6. The summed E-state index contributed by atoms with van der Waals surface area (Å²) in [7, 11) is 3.29. The second-order valence-corrected chi connectivity index (χ2v) is 16.1. The van der Waals surface area contributed by atoms with Crippen molar-refractivity contribution in [3.05, 3.63) is 105 Å². The Labute approximate surface area is 357 Å². The molecule has 1 atom stereocenters. The fraction of sp³-hybridized carbons (Fsp3) is 0.364. The Kier molecular flexibility index (Phi) is 15.6. The molecule has 16 heteroatoms. The van der Waals surface area contributed by atoms with Gasteiger partial charge in [-0.15, -0.1) is 11.3 Å². The number of amides is 3. The number of aromatic nitrogens is 1. The van der Waals surface area contributed by atoms with E-state index in [4.69, 9.17) is 21.1 Å². The van der Waals surface area contributed by atoms with E-state index in [1.165, 1.54) is 19.2 Å². The van der Waals surface area contributed by atoms with Gasteiger partial charge < -0.3 is 45.1 Å². The quantitative estimate of drug-likeness (QED) is 0.0496. The van der Waals surface area contributed by atoms with Crippen LogP contribution in [0.4, 0.5) is 16.2 Å². The van der Waals surface area contributed by atoms with E-state index < -0.39 is 12.2 Å². The van der Waals surface area contributed by atoms with E-state index in [9.17, 15) is 29.4 Å². The molecular weight excluding hydrogens is 808 g/mol. The average molecular weight is 859 g/mol. The summed E-state index contributed by atoms with van der Waals surface area (Å²) >= 11 is 8.12. The summed E-state index contributed by atoms with van der Waals surface area (Å²) in [5, 5.41) is 32.8. The predicted molar refractivity (Wildman–Crippen MR) is 235 cm³/mol. The van der Waals surface area contributed by atoms with Gasteiger partial charge in [0.05, 0.1) is 40.0 Å². The van der Waals surface area contributed by atoms with Crippen molar-refractivity contribution < 1.29 is 34.1 Å². The summed E-state index contributed by atoms with van der Waals surface area (Å²) in [6.07, 6.45) is 1.69. The molecule has 1 aliphatic heterocycles. The van der Waals surface area contributed by atoms with Gasteiger partial charge in [0, 0.05) is 82.2 Å². The zero-order chi connectivity index (χ0) is 42.6. The number of methoxy groups -OCH3 is 1. The monoisotopic (exact) mass is 858 g/mol. The number of pyridine rings is 1. The van der Waals surface area contributed by atoms with Crippen LogP contribution in [0.25, 0.3) is 21.3 Å². The molecule has 0 spiro atoms. The number of thiophene rings is 1. The van der Waals surface area contributed by atoms with Gasteiger partial charge in [-0.2, -0.15) is 0 Å². The van der Waals surface area contributed by atoms with Crippen LogP contribution in [-0.4, -0.2) is 95.9 Å². The Morgan fingerprint density at radius 2 is 1.78 bits per heavy atom. The highest BCUT2D eigenvalue weighted by molar-refractivity contribution is 7.14. The second-order valence-electron chi connectivity index (χ2n) is 14.7. The van der Waals surface area contributed by atoms with Crippen LogP contribution >= 0.6 is 22.9 Å². The van der Waals surface area contributed by atoms with Crippen LogP contribution in [0.5, 0.6) is 11.5 Å². The third kappa shape index (κ3) is 11.9. The molecule has 1 aliphatic rings. The van der Waals surface area contributed by atoms with Gasteiger partial charge in [0.25, 0.3) is 0 Å². The number of nitrogens with one attached hydrogen (secondary N) is 4. The number of phenolic OH excluding ortho intramolecular Hbond substituents is 1. The van der Waals surface area contributed by atoms with Crippen LogP contribution in [0, 0.1) is 0 Å². The molecule has 1 fully saturated rings. The van der Waals surface area contributed by atoms with Crippen molar-refractivity contribution in [2.45, 2.75) is 57.3 Å². The molecule has 0 aliphatic carbocycles. The highest BCUT2D eigenvalue weighted by Gasteiger charge is 2.24. The molecular formula is C44H51ClN6O8S. The number of aromatic hydroxyl groups is 1. The number of hydrogen-bond acceptors (Lipinski definition) is 11. The zero-order valence-corrected chi connectivity index (χ0v) is 35.2. The van der Waals surface area contributed by atoms with Gasteiger partial charge in [0.2, 0.25) is 17.4 Å². The van der Waals surface area contributed by atoms with Crippen LogP contribution in [0.2, 0.25) is 5.02 Å². The topological polar surface area (TPSA) is 186 Å². The number of likely N-dealkylation sites (tertiary alicyclic amines) is 1. The second kappa shape index (κ2) is 21.2. The third-order valence-corrected chi connectivity index (χ3v) is 11.8. The first kappa shape index (κ1) is 44.1. The summed E-state index contributed by atoms with van der Waals surface area (Å²) in [4.78, 5) is 57.7. The van der Waals surface area contributed by atoms with Crippen molar-refractivity contribution in [3.63, 3.8) is 0 Å². The van der Waals surface area contributed by atoms with Crippen LogP contribution in [0.15, 0.2) is 83.0 Å². The molecule has 6 rings (SSSR count). The lowest BCUT2D eigenvalue weighted by molar-refractivity contribution is -0.130. The lowest BCUT2D eigenvalue weighted by Gasteiger charge is -2.31. The lowest BCUT2D eigenvalue weighted by Crippen LogP contribution is -2.40. The van der Waals surface area contributed by atoms with Crippen molar-refractivity contribution in [2.75, 3.05) is 57.5 Å². The SMILES string of the molecule is COc1cc(NC(=O)CCCCN(C)C(=O)CCN2CCC(OC(=O)Nc3ccsc3-c3ccccc3)CC2)c(Cl)cc1CNC[C@H](O)c1ccc(O)c2[nH]c(=O)ccc12. The molecule has 0 unspecified atom stereocenters. The number of ether oxygens (including phenoxy) is 2. The molecule has 60 heavy (non-hydrogen) atoms. The minimum atomic E-state index is -0.943. The molecule has 0 saturated carbocycles. The first-order valence-electron chi connectivity index (χ1n) is 20.0. The summed E-state index contributed by atoms with van der Waals surface area (Å²) in [6, 6.07) is 21.1. The van der Waals surface area contributed by atoms with Gasteiger partial charge in [0.15, 0.2) is 0 Å². The highest BCUT2D eigenvalue weighted by Crippen LogP contribution is 2.34. The minimum Gasteiger partial charge on any atom is -0.506 e. The van der Waals surface area contributed by atoms with Crippen LogP contribution in [0.3, 0.4) is 0 Å². The number of anilines is 2. The number of halogens is 1. The number of nitrogens with zero attached hydrogens (tertiary/aromatic N) is 2. The Morgan fingerprint density at radius 3 is 2.55 bits per heavy atom. The van der Waals surface area contributed by atoms with Crippen molar-refractivity contribution in [2.24, 2.45) is 0 Å². The summed E-state index contributed by atoms with van der Waals surface area (Å²) in [5.74, 6) is 0.240. The number of fused-ring (bicyclic) bond motifs is 1. The van der Waals surface area contributed by atoms with Gasteiger partial charge in [0.1, 0.15) is 17.6 Å². The van der Waals surface area contributed by atoms with E-state index in [-0.39, 0.29) is 47.7 Å². The molecule has 318 valence electrons. The summed E-state index contributed by atoms with van der Waals surface area (Å²) in [5.41, 5.74) is 3.34. The third-order valence-electron chi connectivity index (χ3n) is 10.5. The minimum absolute atomic E-state index is 0.0385. The molecule has 3 aromatic carbocycles. The number of aliphatic hydroxyl groups excluding tert-OH is 1. The lowest BCUT2D eigenvalue weighted by atomic mass is 10.0. The fourth-order valence-corrected chi connectivity index (χ4v) is 8.29. The fourth-order valence-electron chi connectivity index (χ4n) is 7.20. The molecule has 0 bridgehead atoms. The van der Waals surface area contributed by atoms with Gasteiger partial charge in [-0.1, -0.05) is 48.0 Å². The zero-order valence-electron chi connectivity index (χ0n) is 33.7. The smallest absolute Gasteiger partial charge is 0.411 e. The van der Waals surface area contributed by atoms with Crippen molar-refractivity contribution in [1.82, 2.24) is 20.1 Å². The number of aliphatic hydroxyl groups is 1.